The molecule has 0 aromatic heterocycles. The molecule has 16 heavy (non-hydrogen) atoms. The summed E-state index contributed by atoms with van der Waals surface area (Å²) in [5, 5.41) is 9.30. The summed E-state index contributed by atoms with van der Waals surface area (Å²) in [5.74, 6) is 0.704. The molecule has 2 fully saturated rings. The third-order valence-corrected chi connectivity index (χ3v) is 4.35. The molecule has 0 amide bonds. The van der Waals surface area contributed by atoms with Gasteiger partial charge in [-0.05, 0) is 38.6 Å². The highest BCUT2D eigenvalue weighted by atomic mass is 16.3. The summed E-state index contributed by atoms with van der Waals surface area (Å²) < 4.78 is 0. The van der Waals surface area contributed by atoms with Crippen LogP contribution in [0.3, 0.4) is 0 Å². The van der Waals surface area contributed by atoms with Crippen molar-refractivity contribution in [1.82, 2.24) is 4.90 Å². The van der Waals surface area contributed by atoms with E-state index in [4.69, 9.17) is 5.73 Å². The van der Waals surface area contributed by atoms with Crippen molar-refractivity contribution >= 4 is 0 Å². The van der Waals surface area contributed by atoms with Crippen LogP contribution in [0.4, 0.5) is 0 Å². The second kappa shape index (κ2) is 5.48. The molecule has 0 radical (unpaired) electrons. The van der Waals surface area contributed by atoms with E-state index >= 15 is 0 Å². The highest BCUT2D eigenvalue weighted by Crippen LogP contribution is 2.29. The Hall–Kier alpha value is -0.120. The van der Waals surface area contributed by atoms with Crippen molar-refractivity contribution in [2.45, 2.75) is 63.1 Å². The summed E-state index contributed by atoms with van der Waals surface area (Å²) in [5.41, 5.74) is 6.25. The zero-order chi connectivity index (χ0) is 11.5. The van der Waals surface area contributed by atoms with E-state index in [1.54, 1.807) is 0 Å². The molecule has 0 spiro atoms. The van der Waals surface area contributed by atoms with Gasteiger partial charge in [-0.3, -0.25) is 0 Å². The van der Waals surface area contributed by atoms with Crippen molar-refractivity contribution in [3.63, 3.8) is 0 Å². The van der Waals surface area contributed by atoms with Gasteiger partial charge in [-0.1, -0.05) is 19.3 Å². The first kappa shape index (κ1) is 12.3. The lowest BCUT2D eigenvalue weighted by molar-refractivity contribution is 0.0194. The van der Waals surface area contributed by atoms with E-state index in [0.717, 1.165) is 19.4 Å². The molecule has 0 aromatic rings. The normalized spacial score (nSPS) is 40.5. The third-order valence-electron chi connectivity index (χ3n) is 4.35. The fourth-order valence-corrected chi connectivity index (χ4v) is 3.26. The minimum Gasteiger partial charge on any atom is -0.393 e. The number of nitrogens with two attached hydrogens (primary N) is 1. The summed E-state index contributed by atoms with van der Waals surface area (Å²) in [6, 6.07) is 0.928. The van der Waals surface area contributed by atoms with Crippen LogP contribution in [0.2, 0.25) is 0 Å². The van der Waals surface area contributed by atoms with Gasteiger partial charge in [0.1, 0.15) is 0 Å². The van der Waals surface area contributed by atoms with E-state index in [9.17, 15) is 5.11 Å². The zero-order valence-corrected chi connectivity index (χ0v) is 10.4. The van der Waals surface area contributed by atoms with Crippen LogP contribution in [0.1, 0.15) is 44.9 Å². The van der Waals surface area contributed by atoms with E-state index in [2.05, 4.69) is 11.9 Å². The fourth-order valence-electron chi connectivity index (χ4n) is 3.26. The predicted molar refractivity (Wildman–Crippen MR) is 66.2 cm³/mol. The van der Waals surface area contributed by atoms with Crippen LogP contribution < -0.4 is 5.73 Å². The van der Waals surface area contributed by atoms with Gasteiger partial charge >= 0.3 is 0 Å². The van der Waals surface area contributed by atoms with E-state index in [1.807, 2.05) is 0 Å². The highest BCUT2D eigenvalue weighted by Gasteiger charge is 2.31. The number of aliphatic hydroxyl groups excluding tert-OH is 1. The van der Waals surface area contributed by atoms with E-state index < -0.39 is 0 Å². The van der Waals surface area contributed by atoms with E-state index in [1.165, 1.54) is 32.1 Å². The minimum atomic E-state index is -0.0267. The van der Waals surface area contributed by atoms with Crippen LogP contribution in [0.15, 0.2) is 0 Å². The molecule has 0 bridgehead atoms. The minimum absolute atomic E-state index is 0.0267. The van der Waals surface area contributed by atoms with Crippen LogP contribution in [-0.2, 0) is 0 Å². The first-order valence-corrected chi connectivity index (χ1v) is 6.80. The van der Waals surface area contributed by atoms with Crippen molar-refractivity contribution in [3.8, 4) is 0 Å². The Balaban J connectivity index is 1.79. The average molecular weight is 226 g/mol. The van der Waals surface area contributed by atoms with Crippen LogP contribution >= 0.6 is 0 Å². The summed E-state index contributed by atoms with van der Waals surface area (Å²) in [7, 11) is 2.21. The van der Waals surface area contributed by atoms with Crippen LogP contribution in [-0.4, -0.2) is 41.8 Å². The Labute approximate surface area is 99.0 Å². The van der Waals surface area contributed by atoms with Gasteiger partial charge in [0.25, 0.3) is 0 Å². The lowest BCUT2D eigenvalue weighted by atomic mass is 9.82. The largest absolute Gasteiger partial charge is 0.393 e. The molecule has 2 saturated carbocycles. The molecule has 0 aliphatic heterocycles. The molecule has 0 saturated heterocycles. The van der Waals surface area contributed by atoms with Crippen LogP contribution in [0, 0.1) is 5.92 Å². The molecule has 3 heteroatoms. The maximum absolute atomic E-state index is 9.30. The van der Waals surface area contributed by atoms with Gasteiger partial charge in [0.2, 0.25) is 0 Å². The number of hydrogen-bond donors (Lipinski definition) is 2. The van der Waals surface area contributed by atoms with E-state index in [-0.39, 0.29) is 6.10 Å². The third kappa shape index (κ3) is 2.96. The second-order valence-electron chi connectivity index (χ2n) is 5.80. The van der Waals surface area contributed by atoms with Gasteiger partial charge in [-0.25, -0.2) is 0 Å². The maximum Gasteiger partial charge on any atom is 0.0546 e. The van der Waals surface area contributed by atoms with Gasteiger partial charge in [-0.2, -0.15) is 0 Å². The lowest BCUT2D eigenvalue weighted by Crippen LogP contribution is -2.48. The molecule has 0 aromatic carbocycles. The van der Waals surface area contributed by atoms with Crippen LogP contribution in [0.25, 0.3) is 0 Å². The first-order valence-electron chi connectivity index (χ1n) is 6.80. The monoisotopic (exact) mass is 226 g/mol. The number of nitrogens with zero attached hydrogens (tertiary/aromatic N) is 1. The number of aliphatic hydroxyl groups is 1. The maximum atomic E-state index is 9.30. The SMILES string of the molecule is CN(CC1CC(O)C1)C1CCCCCC1N. The Morgan fingerprint density at radius 3 is 2.56 bits per heavy atom. The molecular formula is C13H26N2O. The predicted octanol–water partition coefficient (Wildman–Crippen LogP) is 1.35. The molecule has 2 unspecified atom stereocenters. The Kier molecular flexibility index (Phi) is 4.22. The number of hydrogen-bond acceptors (Lipinski definition) is 3. The first-order chi connectivity index (χ1) is 7.66. The van der Waals surface area contributed by atoms with Crippen molar-refractivity contribution in [2.24, 2.45) is 11.7 Å². The average Bonchev–Trinajstić information content (AvgIpc) is 2.40. The Morgan fingerprint density at radius 2 is 1.88 bits per heavy atom. The standard InChI is InChI=1S/C13H26N2O/c1-15(9-10-7-11(16)8-10)13-6-4-2-3-5-12(13)14/h10-13,16H,2-9,14H2,1H3. The van der Waals surface area contributed by atoms with E-state index in [0.29, 0.717) is 18.0 Å². The van der Waals surface area contributed by atoms with Gasteiger partial charge in [0, 0.05) is 18.6 Å². The lowest BCUT2D eigenvalue weighted by Gasteiger charge is -2.39. The molecule has 2 atom stereocenters. The Bertz CT molecular complexity index is 216. The zero-order valence-electron chi connectivity index (χ0n) is 10.4. The van der Waals surface area contributed by atoms with Crippen molar-refractivity contribution < 1.29 is 5.11 Å². The second-order valence-corrected chi connectivity index (χ2v) is 5.80. The van der Waals surface area contributed by atoms with Gasteiger partial charge in [-0.15, -0.1) is 0 Å². The van der Waals surface area contributed by atoms with Crippen molar-refractivity contribution in [1.29, 1.82) is 0 Å². The molecule has 3 N–H and O–H groups in total. The molecular weight excluding hydrogens is 200 g/mol. The van der Waals surface area contributed by atoms with Crippen molar-refractivity contribution in [2.75, 3.05) is 13.6 Å². The molecule has 2 aliphatic rings. The summed E-state index contributed by atoms with van der Waals surface area (Å²) in [6.07, 6.45) is 8.37. The number of likely N-dealkylation sites (N-methyl/N-ethyl adjacent to an activating group) is 1. The Morgan fingerprint density at radius 1 is 1.19 bits per heavy atom. The smallest absolute Gasteiger partial charge is 0.0546 e. The molecule has 2 aliphatic carbocycles. The van der Waals surface area contributed by atoms with Crippen LogP contribution in [0.5, 0.6) is 0 Å². The molecule has 3 nitrogen and oxygen atoms in total. The number of rotatable bonds is 3. The molecule has 0 heterocycles. The molecule has 94 valence electrons. The topological polar surface area (TPSA) is 49.5 Å². The fraction of sp³-hybridized carbons (Fsp3) is 1.00. The summed E-state index contributed by atoms with van der Waals surface area (Å²) in [4.78, 5) is 2.45. The summed E-state index contributed by atoms with van der Waals surface area (Å²) in [6.45, 7) is 1.12. The van der Waals surface area contributed by atoms with Gasteiger partial charge in [0.15, 0.2) is 0 Å². The highest BCUT2D eigenvalue weighted by molar-refractivity contribution is 4.87. The van der Waals surface area contributed by atoms with Gasteiger partial charge < -0.3 is 15.7 Å². The van der Waals surface area contributed by atoms with Gasteiger partial charge in [0.05, 0.1) is 6.10 Å². The molecule has 2 rings (SSSR count). The van der Waals surface area contributed by atoms with Crippen molar-refractivity contribution in [3.05, 3.63) is 0 Å². The summed E-state index contributed by atoms with van der Waals surface area (Å²) >= 11 is 0. The quantitative estimate of drug-likeness (QED) is 0.714.